The molecule has 3 rings (SSSR count). The third kappa shape index (κ3) is 5.05. The van der Waals surface area contributed by atoms with E-state index >= 15 is 0 Å². The van der Waals surface area contributed by atoms with E-state index in [4.69, 9.17) is 11.6 Å². The lowest BCUT2D eigenvalue weighted by molar-refractivity contribution is -0.120. The SMILES string of the molecule is CCn1c(NNC(=O)CCCSc2ccc(Cl)cc2)nc2ccccc2c1=O. The van der Waals surface area contributed by atoms with E-state index in [2.05, 4.69) is 15.8 Å². The Labute approximate surface area is 172 Å². The van der Waals surface area contributed by atoms with Crippen molar-refractivity contribution >= 4 is 46.1 Å². The number of anilines is 1. The Morgan fingerprint density at radius 3 is 2.68 bits per heavy atom. The van der Waals surface area contributed by atoms with Crippen molar-refractivity contribution in [1.82, 2.24) is 15.0 Å². The van der Waals surface area contributed by atoms with E-state index in [1.807, 2.05) is 43.3 Å². The number of carbonyl (C=O) groups excluding carboxylic acids is 1. The van der Waals surface area contributed by atoms with Crippen LogP contribution in [0.4, 0.5) is 5.95 Å². The molecule has 0 unspecified atom stereocenters. The minimum absolute atomic E-state index is 0.135. The molecule has 0 bridgehead atoms. The summed E-state index contributed by atoms with van der Waals surface area (Å²) in [6, 6.07) is 14.8. The van der Waals surface area contributed by atoms with E-state index in [9.17, 15) is 9.59 Å². The molecule has 0 radical (unpaired) electrons. The number of carbonyl (C=O) groups is 1. The van der Waals surface area contributed by atoms with Gasteiger partial charge in [-0.05, 0) is 55.5 Å². The number of halogens is 1. The number of rotatable bonds is 8. The number of hydrogen-bond acceptors (Lipinski definition) is 5. The Balaban J connectivity index is 1.53. The van der Waals surface area contributed by atoms with Crippen LogP contribution in [0.2, 0.25) is 5.02 Å². The maximum atomic E-state index is 12.6. The second kappa shape index (κ2) is 9.61. The van der Waals surface area contributed by atoms with Crippen LogP contribution in [-0.4, -0.2) is 21.2 Å². The van der Waals surface area contributed by atoms with Crippen molar-refractivity contribution in [2.45, 2.75) is 31.2 Å². The van der Waals surface area contributed by atoms with Crippen LogP contribution in [0.3, 0.4) is 0 Å². The summed E-state index contributed by atoms with van der Waals surface area (Å²) in [6.45, 7) is 2.31. The quantitative estimate of drug-likeness (QED) is 0.328. The summed E-state index contributed by atoms with van der Waals surface area (Å²) < 4.78 is 1.50. The molecular formula is C20H21ClN4O2S. The first kappa shape index (κ1) is 20.2. The molecular weight excluding hydrogens is 396 g/mol. The Hall–Kier alpha value is -2.51. The maximum Gasteiger partial charge on any atom is 0.262 e. The zero-order valence-corrected chi connectivity index (χ0v) is 17.0. The highest BCUT2D eigenvalue weighted by atomic mass is 35.5. The number of benzene rings is 2. The summed E-state index contributed by atoms with van der Waals surface area (Å²) in [4.78, 5) is 30.2. The first-order valence-corrected chi connectivity index (χ1v) is 10.4. The summed E-state index contributed by atoms with van der Waals surface area (Å²) >= 11 is 7.55. The van der Waals surface area contributed by atoms with Crippen LogP contribution >= 0.6 is 23.4 Å². The van der Waals surface area contributed by atoms with Crippen molar-refractivity contribution in [3.8, 4) is 0 Å². The highest BCUT2D eigenvalue weighted by molar-refractivity contribution is 7.99. The van der Waals surface area contributed by atoms with Crippen LogP contribution in [0, 0.1) is 0 Å². The molecule has 0 atom stereocenters. The molecule has 28 heavy (non-hydrogen) atoms. The van der Waals surface area contributed by atoms with Gasteiger partial charge in [-0.3, -0.25) is 25.0 Å². The summed E-state index contributed by atoms with van der Waals surface area (Å²) in [7, 11) is 0. The van der Waals surface area contributed by atoms with Gasteiger partial charge in [-0.25, -0.2) is 4.98 Å². The topological polar surface area (TPSA) is 76.0 Å². The molecule has 0 saturated heterocycles. The van der Waals surface area contributed by atoms with Crippen LogP contribution in [-0.2, 0) is 11.3 Å². The fourth-order valence-electron chi connectivity index (χ4n) is 2.70. The lowest BCUT2D eigenvalue weighted by atomic mass is 10.2. The minimum atomic E-state index is -0.151. The molecule has 0 aliphatic heterocycles. The molecule has 8 heteroatoms. The van der Waals surface area contributed by atoms with Crippen LogP contribution in [0.25, 0.3) is 10.9 Å². The van der Waals surface area contributed by atoms with Crippen molar-refractivity contribution in [3.63, 3.8) is 0 Å². The normalized spacial score (nSPS) is 10.8. The molecule has 146 valence electrons. The van der Waals surface area contributed by atoms with Gasteiger partial charge < -0.3 is 0 Å². The predicted molar refractivity (Wildman–Crippen MR) is 115 cm³/mol. The molecule has 2 aromatic carbocycles. The summed E-state index contributed by atoms with van der Waals surface area (Å²) in [5, 5.41) is 1.27. The summed E-state index contributed by atoms with van der Waals surface area (Å²) in [6.07, 6.45) is 1.10. The zero-order chi connectivity index (χ0) is 19.9. The van der Waals surface area contributed by atoms with Gasteiger partial charge in [0.1, 0.15) is 0 Å². The number of thioether (sulfide) groups is 1. The zero-order valence-electron chi connectivity index (χ0n) is 15.4. The monoisotopic (exact) mass is 416 g/mol. The third-order valence-electron chi connectivity index (χ3n) is 4.12. The van der Waals surface area contributed by atoms with E-state index in [0.717, 1.165) is 17.1 Å². The first-order valence-electron chi connectivity index (χ1n) is 9.01. The number of hydrogen-bond donors (Lipinski definition) is 2. The van der Waals surface area contributed by atoms with Crippen LogP contribution in [0.1, 0.15) is 19.8 Å². The second-order valence-electron chi connectivity index (χ2n) is 6.08. The maximum absolute atomic E-state index is 12.6. The Bertz CT molecular complexity index is 1020. The Kier molecular flexibility index (Phi) is 6.95. The van der Waals surface area contributed by atoms with Gasteiger partial charge in [0.2, 0.25) is 11.9 Å². The molecule has 3 aromatic rings. The summed E-state index contributed by atoms with van der Waals surface area (Å²) in [5.41, 5.74) is 5.88. The Morgan fingerprint density at radius 1 is 1.18 bits per heavy atom. The van der Waals surface area contributed by atoms with Crippen molar-refractivity contribution in [3.05, 3.63) is 63.9 Å². The van der Waals surface area contributed by atoms with Crippen LogP contribution < -0.4 is 16.4 Å². The second-order valence-corrected chi connectivity index (χ2v) is 7.69. The molecule has 0 aliphatic carbocycles. The third-order valence-corrected chi connectivity index (χ3v) is 5.47. The fourth-order valence-corrected chi connectivity index (χ4v) is 3.68. The van der Waals surface area contributed by atoms with E-state index < -0.39 is 0 Å². The standard InChI is InChI=1S/C20H21ClN4O2S/c1-2-25-19(27)16-6-3-4-7-17(16)22-20(25)24-23-18(26)8-5-13-28-15-11-9-14(21)10-12-15/h3-4,6-7,9-12H,2,5,8,13H2,1H3,(H,22,24)(H,23,26). The number of nitrogens with one attached hydrogen (secondary N) is 2. The fraction of sp³-hybridized carbons (Fsp3) is 0.250. The van der Waals surface area contributed by atoms with Crippen molar-refractivity contribution in [2.24, 2.45) is 0 Å². The van der Waals surface area contributed by atoms with Gasteiger partial charge in [-0.15, -0.1) is 11.8 Å². The van der Waals surface area contributed by atoms with Gasteiger partial charge in [-0.1, -0.05) is 23.7 Å². The van der Waals surface area contributed by atoms with E-state index in [-0.39, 0.29) is 11.5 Å². The van der Waals surface area contributed by atoms with Gasteiger partial charge in [0, 0.05) is 22.9 Å². The smallest absolute Gasteiger partial charge is 0.262 e. The van der Waals surface area contributed by atoms with E-state index in [1.165, 1.54) is 4.57 Å². The number of amides is 1. The molecule has 1 amide bonds. The largest absolute Gasteiger partial charge is 0.277 e. The lowest BCUT2D eigenvalue weighted by Crippen LogP contribution is -2.34. The molecule has 1 aromatic heterocycles. The van der Waals surface area contributed by atoms with Gasteiger partial charge in [0.25, 0.3) is 5.56 Å². The first-order chi connectivity index (χ1) is 13.6. The Morgan fingerprint density at radius 2 is 1.93 bits per heavy atom. The van der Waals surface area contributed by atoms with Crippen molar-refractivity contribution < 1.29 is 4.79 Å². The number of fused-ring (bicyclic) bond motifs is 1. The molecule has 0 spiro atoms. The number of para-hydroxylation sites is 1. The van der Waals surface area contributed by atoms with Gasteiger partial charge >= 0.3 is 0 Å². The van der Waals surface area contributed by atoms with Gasteiger partial charge in [0.15, 0.2) is 0 Å². The van der Waals surface area contributed by atoms with Crippen molar-refractivity contribution in [1.29, 1.82) is 0 Å². The average Bonchev–Trinajstić information content (AvgIpc) is 2.71. The van der Waals surface area contributed by atoms with Gasteiger partial charge in [-0.2, -0.15) is 0 Å². The molecule has 0 fully saturated rings. The highest BCUT2D eigenvalue weighted by Gasteiger charge is 2.10. The average molecular weight is 417 g/mol. The van der Waals surface area contributed by atoms with Crippen molar-refractivity contribution in [2.75, 3.05) is 11.2 Å². The molecule has 6 nitrogen and oxygen atoms in total. The number of nitrogens with zero attached hydrogens (tertiary/aromatic N) is 2. The van der Waals surface area contributed by atoms with E-state index in [0.29, 0.717) is 34.8 Å². The van der Waals surface area contributed by atoms with Gasteiger partial charge in [0.05, 0.1) is 10.9 Å². The summed E-state index contributed by atoms with van der Waals surface area (Å²) in [5.74, 6) is 1.00. The van der Waals surface area contributed by atoms with Crippen LogP contribution in [0.15, 0.2) is 58.2 Å². The minimum Gasteiger partial charge on any atom is -0.277 e. The predicted octanol–water partition coefficient (Wildman–Crippen LogP) is 4.09. The molecule has 2 N–H and O–H groups in total. The van der Waals surface area contributed by atoms with Crippen LogP contribution in [0.5, 0.6) is 0 Å². The van der Waals surface area contributed by atoms with E-state index in [1.54, 1.807) is 23.9 Å². The molecule has 0 saturated carbocycles. The number of aromatic nitrogens is 2. The number of hydrazine groups is 1. The molecule has 0 aliphatic rings. The molecule has 1 heterocycles. The lowest BCUT2D eigenvalue weighted by Gasteiger charge is -2.14. The highest BCUT2D eigenvalue weighted by Crippen LogP contribution is 2.21.